The molecule has 12 heteroatoms. The Bertz CT molecular complexity index is 1400. The number of amides is 1. The maximum Gasteiger partial charge on any atom is 0.255 e. The second-order valence-corrected chi connectivity index (χ2v) is 11.1. The quantitative estimate of drug-likeness (QED) is 0.206. The van der Waals surface area contributed by atoms with Crippen LogP contribution in [0.15, 0.2) is 16.9 Å². The van der Waals surface area contributed by atoms with Crippen molar-refractivity contribution in [3.8, 4) is 5.75 Å². The van der Waals surface area contributed by atoms with E-state index in [1.807, 2.05) is 0 Å². The van der Waals surface area contributed by atoms with Crippen molar-refractivity contribution in [3.05, 3.63) is 39.4 Å². The van der Waals surface area contributed by atoms with E-state index in [4.69, 9.17) is 5.73 Å². The van der Waals surface area contributed by atoms with Gasteiger partial charge in [0.15, 0.2) is 11.4 Å². The van der Waals surface area contributed by atoms with E-state index in [0.29, 0.717) is 13.1 Å². The number of halogens is 1. The number of benzene rings is 1. The largest absolute Gasteiger partial charge is 0.508 e. The molecule has 2 fully saturated rings. The van der Waals surface area contributed by atoms with Crippen molar-refractivity contribution in [2.24, 2.45) is 23.5 Å². The molecule has 1 aromatic carbocycles. The molecule has 2 heterocycles. The predicted molar refractivity (Wildman–Crippen MR) is 132 cm³/mol. The number of hydrogen-bond donors (Lipinski definition) is 7. The predicted octanol–water partition coefficient (Wildman–Crippen LogP) is 0.179. The molecule has 0 spiro atoms. The molecule has 202 valence electrons. The number of Topliss-reactive ketones (excluding diaryl/α,β-unsaturated/α-hetero) is 2. The van der Waals surface area contributed by atoms with Crippen molar-refractivity contribution in [1.29, 1.82) is 0 Å². The third kappa shape index (κ3) is 2.90. The molecular weight excluding hydrogens is 499 g/mol. The zero-order chi connectivity index (χ0) is 27.4. The maximum absolute atomic E-state index is 16.1. The number of fused-ring (bicyclic) bond motifs is 6. The maximum atomic E-state index is 16.1. The van der Waals surface area contributed by atoms with E-state index in [0.717, 1.165) is 6.42 Å². The van der Waals surface area contributed by atoms with Gasteiger partial charge in [-0.3, -0.25) is 19.3 Å². The average molecular weight is 529 g/mol. The van der Waals surface area contributed by atoms with Gasteiger partial charge in [0, 0.05) is 35.2 Å². The number of aromatic hydroxyl groups is 1. The highest BCUT2D eigenvalue weighted by Gasteiger charge is 2.64. The number of nitrogens with two attached hydrogens (primary N) is 1. The average Bonchev–Trinajstić information content (AvgIpc) is 3.33. The van der Waals surface area contributed by atoms with E-state index in [-0.39, 0.29) is 52.8 Å². The van der Waals surface area contributed by atoms with Gasteiger partial charge in [-0.25, -0.2) is 4.39 Å². The number of phenols is 1. The topological polar surface area (TPSA) is 185 Å². The summed E-state index contributed by atoms with van der Waals surface area (Å²) in [6, 6.07) is -1.50. The van der Waals surface area contributed by atoms with Crippen LogP contribution in [-0.2, 0) is 20.8 Å². The monoisotopic (exact) mass is 528 g/mol. The van der Waals surface area contributed by atoms with Crippen LogP contribution in [-0.4, -0.2) is 81.6 Å². The Morgan fingerprint density at radius 3 is 2.58 bits per heavy atom. The number of likely N-dealkylation sites (N-methyl/N-ethyl adjacent to an activating group) is 1. The minimum Gasteiger partial charge on any atom is -0.508 e. The first-order chi connectivity index (χ1) is 17.9. The summed E-state index contributed by atoms with van der Waals surface area (Å²) in [7, 11) is 3.05. The molecule has 2 aliphatic heterocycles. The lowest BCUT2D eigenvalue weighted by molar-refractivity contribution is -0.153. The van der Waals surface area contributed by atoms with Gasteiger partial charge >= 0.3 is 0 Å². The summed E-state index contributed by atoms with van der Waals surface area (Å²) in [5.74, 6) is -8.02. The summed E-state index contributed by atoms with van der Waals surface area (Å²) >= 11 is 0. The molecule has 2 unspecified atom stereocenters. The van der Waals surface area contributed by atoms with Crippen LogP contribution in [0.25, 0.3) is 5.76 Å². The zero-order valence-electron chi connectivity index (χ0n) is 20.8. The van der Waals surface area contributed by atoms with Crippen molar-refractivity contribution >= 4 is 28.9 Å². The smallest absolute Gasteiger partial charge is 0.255 e. The normalized spacial score (nSPS) is 33.9. The number of ketones is 2. The van der Waals surface area contributed by atoms with Gasteiger partial charge in [-0.2, -0.15) is 0 Å². The molecule has 8 N–H and O–H groups in total. The van der Waals surface area contributed by atoms with E-state index in [1.54, 1.807) is 0 Å². The third-order valence-electron chi connectivity index (χ3n) is 9.06. The zero-order valence-corrected chi connectivity index (χ0v) is 20.8. The number of carbonyl (C=O) groups is 3. The molecule has 1 saturated heterocycles. The molecule has 1 aromatic rings. The summed E-state index contributed by atoms with van der Waals surface area (Å²) in [4.78, 5) is 40.5. The molecule has 1 saturated carbocycles. The van der Waals surface area contributed by atoms with Gasteiger partial charge in [-0.05, 0) is 51.7 Å². The van der Waals surface area contributed by atoms with E-state index < -0.39 is 69.6 Å². The number of nitrogens with zero attached hydrogens (tertiary/aromatic N) is 1. The van der Waals surface area contributed by atoms with Gasteiger partial charge < -0.3 is 36.8 Å². The summed E-state index contributed by atoms with van der Waals surface area (Å²) in [6.07, 6.45) is 0.662. The number of primary amides is 1. The Balaban J connectivity index is 1.56. The van der Waals surface area contributed by atoms with E-state index in [1.165, 1.54) is 19.0 Å². The number of aliphatic hydroxyl groups excluding tert-OH is 2. The van der Waals surface area contributed by atoms with Crippen LogP contribution in [0.4, 0.5) is 10.1 Å². The Labute approximate surface area is 216 Å². The van der Waals surface area contributed by atoms with Crippen LogP contribution in [0.2, 0.25) is 0 Å². The molecule has 0 radical (unpaired) electrons. The van der Waals surface area contributed by atoms with Crippen LogP contribution in [0.1, 0.15) is 35.6 Å². The van der Waals surface area contributed by atoms with Gasteiger partial charge in [0.1, 0.15) is 28.7 Å². The molecular formula is C26H29FN4O7. The number of aliphatic hydroxyl groups is 3. The number of phenolic OH excluding ortho intramolecular Hbond substituents is 1. The molecule has 11 nitrogen and oxygen atoms in total. The summed E-state index contributed by atoms with van der Waals surface area (Å²) in [5, 5.41) is 51.4. The lowest BCUT2D eigenvalue weighted by Gasteiger charge is -2.50. The molecule has 38 heavy (non-hydrogen) atoms. The number of nitrogens with one attached hydrogen (secondary N) is 2. The fourth-order valence-electron chi connectivity index (χ4n) is 7.38. The Morgan fingerprint density at radius 1 is 1.21 bits per heavy atom. The van der Waals surface area contributed by atoms with E-state index >= 15 is 4.39 Å². The van der Waals surface area contributed by atoms with Crippen molar-refractivity contribution in [2.75, 3.05) is 32.5 Å². The second-order valence-electron chi connectivity index (χ2n) is 11.1. The van der Waals surface area contributed by atoms with Gasteiger partial charge in [-0.1, -0.05) is 0 Å². The molecule has 6 atom stereocenters. The molecule has 3 aliphatic carbocycles. The van der Waals surface area contributed by atoms with Crippen molar-refractivity contribution in [2.45, 2.75) is 36.9 Å². The van der Waals surface area contributed by atoms with Gasteiger partial charge in [0.2, 0.25) is 5.78 Å². The number of carbonyl (C=O) groups excluding carboxylic acids is 3. The Morgan fingerprint density at radius 2 is 1.92 bits per heavy atom. The van der Waals surface area contributed by atoms with Gasteiger partial charge in [0.25, 0.3) is 5.91 Å². The van der Waals surface area contributed by atoms with Crippen molar-refractivity contribution in [1.82, 2.24) is 10.2 Å². The summed E-state index contributed by atoms with van der Waals surface area (Å²) in [5.41, 5.74) is 1.64. The Hall–Kier alpha value is -3.48. The summed E-state index contributed by atoms with van der Waals surface area (Å²) in [6.45, 7) is 1.19. The number of anilines is 1. The van der Waals surface area contributed by atoms with Gasteiger partial charge in [0.05, 0.1) is 17.3 Å². The van der Waals surface area contributed by atoms with Crippen LogP contribution in [0, 0.1) is 23.6 Å². The first kappa shape index (κ1) is 24.8. The van der Waals surface area contributed by atoms with Crippen LogP contribution in [0.5, 0.6) is 5.75 Å². The van der Waals surface area contributed by atoms with Gasteiger partial charge in [-0.15, -0.1) is 0 Å². The standard InChI is InChI=1S/C26H29FN4O7/c1-31(2)19-11-6-9-5-10-13(21(33)18-14(16(10)27)17-8(7-30-18)3-4-29-17)20(32)12(9)23(35)26(11,38)24(36)15(22(19)34)25(28)37/h8-9,11,17,19,29-30,32-33,36,38H,3-7H2,1-2H3,(H2,28,37)/t8?,9-,11-,17?,19-,26-/m0/s1. The molecule has 6 rings (SSSR count). The Kier molecular flexibility index (Phi) is 5.24. The molecule has 0 aromatic heterocycles. The van der Waals surface area contributed by atoms with Crippen molar-refractivity contribution in [3.63, 3.8) is 0 Å². The first-order valence-corrected chi connectivity index (χ1v) is 12.6. The highest BCUT2D eigenvalue weighted by molar-refractivity contribution is 6.24. The third-order valence-corrected chi connectivity index (χ3v) is 9.06. The number of rotatable bonds is 2. The SMILES string of the molecule is CN(C)[C@@H]1C(=O)C(C(N)=O)=C(O)[C@@]2(O)C(=O)C3=C(O)c4c(O)c5c(c(F)c4C[C@H]3C[C@@H]12)C1NCCC1CN5. The lowest BCUT2D eigenvalue weighted by atomic mass is 9.57. The minimum atomic E-state index is -2.73. The van der Waals surface area contributed by atoms with Crippen LogP contribution >= 0.6 is 0 Å². The van der Waals surface area contributed by atoms with Crippen LogP contribution in [0.3, 0.4) is 0 Å². The summed E-state index contributed by atoms with van der Waals surface area (Å²) < 4.78 is 16.1. The molecule has 0 bridgehead atoms. The minimum absolute atomic E-state index is 0.0445. The van der Waals surface area contributed by atoms with Crippen LogP contribution < -0.4 is 16.4 Å². The number of hydrogen-bond acceptors (Lipinski definition) is 10. The highest BCUT2D eigenvalue weighted by Crippen LogP contribution is 2.55. The van der Waals surface area contributed by atoms with Crippen molar-refractivity contribution < 1.29 is 39.2 Å². The fourth-order valence-corrected chi connectivity index (χ4v) is 7.38. The lowest BCUT2D eigenvalue weighted by Crippen LogP contribution is -2.65. The molecule has 5 aliphatic rings. The fraction of sp³-hybridized carbons (Fsp3) is 0.500. The highest BCUT2D eigenvalue weighted by atomic mass is 19.1. The van der Waals surface area contributed by atoms with E-state index in [9.17, 15) is 34.8 Å². The second kappa shape index (κ2) is 8.01. The molecule has 1 amide bonds. The first-order valence-electron chi connectivity index (χ1n) is 12.6. The van der Waals surface area contributed by atoms with E-state index in [2.05, 4.69) is 10.6 Å².